The molecule has 124 valence electrons. The highest BCUT2D eigenvalue weighted by molar-refractivity contribution is 6.09. The van der Waals surface area contributed by atoms with Crippen molar-refractivity contribution >= 4 is 17.7 Å². The molecule has 2 fully saturated rings. The summed E-state index contributed by atoms with van der Waals surface area (Å²) in [6.45, 7) is 0. The van der Waals surface area contributed by atoms with Crippen LogP contribution in [0.25, 0.3) is 0 Å². The van der Waals surface area contributed by atoms with Crippen LogP contribution in [0.2, 0.25) is 0 Å². The Labute approximate surface area is 140 Å². The Morgan fingerprint density at radius 1 is 1.12 bits per heavy atom. The van der Waals surface area contributed by atoms with E-state index >= 15 is 0 Å². The number of amides is 3. The van der Waals surface area contributed by atoms with E-state index in [1.165, 1.54) is 11.9 Å². The summed E-state index contributed by atoms with van der Waals surface area (Å²) in [5.74, 6) is -0.864. The van der Waals surface area contributed by atoms with E-state index < -0.39 is 6.04 Å². The molecule has 1 aliphatic heterocycles. The topological polar surface area (TPSA) is 66.5 Å². The third-order valence-corrected chi connectivity index (χ3v) is 5.64. The molecule has 2 aliphatic carbocycles. The van der Waals surface area contributed by atoms with Crippen LogP contribution in [0, 0.1) is 23.7 Å². The first-order chi connectivity index (χ1) is 11.6. The van der Waals surface area contributed by atoms with Crippen LogP contribution >= 0.6 is 0 Å². The molecule has 0 unspecified atom stereocenters. The minimum atomic E-state index is -0.776. The first-order valence-corrected chi connectivity index (χ1v) is 8.42. The van der Waals surface area contributed by atoms with Crippen LogP contribution in [0.3, 0.4) is 0 Å². The van der Waals surface area contributed by atoms with Gasteiger partial charge in [-0.25, -0.2) is 0 Å². The number of nitrogens with zero attached hydrogens (tertiary/aromatic N) is 1. The molecule has 3 aliphatic rings. The van der Waals surface area contributed by atoms with E-state index in [9.17, 15) is 14.4 Å². The fourth-order valence-corrected chi connectivity index (χ4v) is 4.54. The van der Waals surface area contributed by atoms with Crippen molar-refractivity contribution < 1.29 is 14.4 Å². The minimum absolute atomic E-state index is 0.156. The number of hydrogen-bond donors (Lipinski definition) is 1. The maximum atomic E-state index is 12.9. The van der Waals surface area contributed by atoms with Crippen molar-refractivity contribution in [2.24, 2.45) is 23.7 Å². The second kappa shape index (κ2) is 5.58. The molecule has 0 spiro atoms. The summed E-state index contributed by atoms with van der Waals surface area (Å²) in [7, 11) is 1.54. The lowest BCUT2D eigenvalue weighted by Gasteiger charge is -2.26. The third-order valence-electron chi connectivity index (χ3n) is 5.64. The van der Waals surface area contributed by atoms with Crippen LogP contribution in [-0.4, -0.2) is 35.7 Å². The van der Waals surface area contributed by atoms with Gasteiger partial charge in [0.15, 0.2) is 0 Å². The standard InChI is InChI=1S/C19H20N2O3/c1-20-17(22)14(9-11-5-3-2-4-6-11)21-18(23)15-12-7-8-13(10-12)16(15)19(21)24/h2-8,12-16H,9-10H2,1H3,(H,20,22)/t12-,13-,14-,15+,16+/m0/s1. The first-order valence-electron chi connectivity index (χ1n) is 8.42. The number of likely N-dealkylation sites (N-methyl/N-ethyl adjacent to an activating group) is 1. The third kappa shape index (κ3) is 2.11. The average molecular weight is 324 g/mol. The number of nitrogens with one attached hydrogen (secondary N) is 1. The van der Waals surface area contributed by atoms with Gasteiger partial charge in [-0.3, -0.25) is 19.3 Å². The number of carbonyl (C=O) groups excluding carboxylic acids is 3. The van der Waals surface area contributed by atoms with Crippen LogP contribution in [0.1, 0.15) is 12.0 Å². The molecule has 1 aromatic carbocycles. The molecule has 0 radical (unpaired) electrons. The molecule has 0 aromatic heterocycles. The van der Waals surface area contributed by atoms with Crippen LogP contribution in [-0.2, 0) is 20.8 Å². The van der Waals surface area contributed by atoms with Gasteiger partial charge in [-0.05, 0) is 23.8 Å². The lowest BCUT2D eigenvalue weighted by atomic mass is 9.85. The molecule has 5 atom stereocenters. The highest BCUT2D eigenvalue weighted by Gasteiger charge is 2.60. The molecule has 3 amide bonds. The van der Waals surface area contributed by atoms with Crippen molar-refractivity contribution in [3.05, 3.63) is 48.0 Å². The molecule has 5 heteroatoms. The number of likely N-dealkylation sites (tertiary alicyclic amines) is 1. The number of hydrogen-bond acceptors (Lipinski definition) is 3. The predicted octanol–water partition coefficient (Wildman–Crippen LogP) is 1.15. The number of imide groups is 1. The number of fused-ring (bicyclic) bond motifs is 5. The van der Waals surface area contributed by atoms with E-state index in [2.05, 4.69) is 17.5 Å². The van der Waals surface area contributed by atoms with Gasteiger partial charge in [-0.2, -0.15) is 0 Å². The van der Waals surface area contributed by atoms with Gasteiger partial charge in [0.25, 0.3) is 0 Å². The van der Waals surface area contributed by atoms with Crippen molar-refractivity contribution in [1.29, 1.82) is 0 Å². The first kappa shape index (κ1) is 15.1. The van der Waals surface area contributed by atoms with Gasteiger partial charge in [0.1, 0.15) is 6.04 Å². The van der Waals surface area contributed by atoms with Gasteiger partial charge in [-0.15, -0.1) is 0 Å². The van der Waals surface area contributed by atoms with Gasteiger partial charge in [0.2, 0.25) is 17.7 Å². The summed E-state index contributed by atoms with van der Waals surface area (Å²) in [6, 6.07) is 8.73. The fraction of sp³-hybridized carbons (Fsp3) is 0.421. The molecule has 4 rings (SSSR count). The summed E-state index contributed by atoms with van der Waals surface area (Å²) in [6.07, 6.45) is 5.36. The number of benzene rings is 1. The zero-order valence-corrected chi connectivity index (χ0v) is 13.5. The molecule has 24 heavy (non-hydrogen) atoms. The normalized spacial score (nSPS) is 31.5. The predicted molar refractivity (Wildman–Crippen MR) is 87.6 cm³/mol. The Morgan fingerprint density at radius 3 is 2.25 bits per heavy atom. The van der Waals surface area contributed by atoms with E-state index in [4.69, 9.17) is 0 Å². The second-order valence-corrected chi connectivity index (χ2v) is 6.87. The van der Waals surface area contributed by atoms with Gasteiger partial charge in [0, 0.05) is 13.5 Å². The SMILES string of the molecule is CNC(=O)[C@H](Cc1ccccc1)N1C(=O)[C@H]2[C@H](C1=O)[C@H]1C=C[C@H]2C1. The molecule has 5 nitrogen and oxygen atoms in total. The van der Waals surface area contributed by atoms with Gasteiger partial charge >= 0.3 is 0 Å². The van der Waals surface area contributed by atoms with Gasteiger partial charge < -0.3 is 5.32 Å². The van der Waals surface area contributed by atoms with Crippen LogP contribution in [0.4, 0.5) is 0 Å². The van der Waals surface area contributed by atoms with E-state index in [1.54, 1.807) is 0 Å². The number of carbonyl (C=O) groups is 3. The Morgan fingerprint density at radius 2 is 1.71 bits per heavy atom. The zero-order chi connectivity index (χ0) is 16.8. The molecule has 1 saturated carbocycles. The van der Waals surface area contributed by atoms with E-state index in [-0.39, 0.29) is 41.4 Å². The van der Waals surface area contributed by atoms with Gasteiger partial charge in [0.05, 0.1) is 11.8 Å². The molecule has 1 N–H and O–H groups in total. The summed E-state index contributed by atoms with van der Waals surface area (Å²) in [4.78, 5) is 39.5. The highest BCUT2D eigenvalue weighted by atomic mass is 16.2. The van der Waals surface area contributed by atoms with Crippen molar-refractivity contribution in [1.82, 2.24) is 10.2 Å². The monoisotopic (exact) mass is 324 g/mol. The number of allylic oxidation sites excluding steroid dienone is 2. The van der Waals surface area contributed by atoms with Crippen LogP contribution < -0.4 is 5.32 Å². The molecule has 2 bridgehead atoms. The van der Waals surface area contributed by atoms with Crippen molar-refractivity contribution in [2.75, 3.05) is 7.05 Å². The maximum absolute atomic E-state index is 12.9. The van der Waals surface area contributed by atoms with Crippen molar-refractivity contribution in [3.8, 4) is 0 Å². The Hall–Kier alpha value is -2.43. The smallest absolute Gasteiger partial charge is 0.243 e. The number of rotatable bonds is 4. The minimum Gasteiger partial charge on any atom is -0.357 e. The van der Waals surface area contributed by atoms with Crippen molar-refractivity contribution in [3.63, 3.8) is 0 Å². The lowest BCUT2D eigenvalue weighted by molar-refractivity contribution is -0.148. The summed E-state index contributed by atoms with van der Waals surface area (Å²) in [5.41, 5.74) is 0.935. The molecule has 1 aromatic rings. The average Bonchev–Trinajstić information content (AvgIpc) is 3.28. The van der Waals surface area contributed by atoms with E-state index in [0.717, 1.165) is 12.0 Å². The Balaban J connectivity index is 1.65. The summed E-state index contributed by atoms with van der Waals surface area (Å²) >= 11 is 0. The van der Waals surface area contributed by atoms with Crippen LogP contribution in [0.5, 0.6) is 0 Å². The quantitative estimate of drug-likeness (QED) is 0.667. The Kier molecular flexibility index (Phi) is 3.52. The zero-order valence-electron chi connectivity index (χ0n) is 13.5. The fourth-order valence-electron chi connectivity index (χ4n) is 4.54. The van der Waals surface area contributed by atoms with Gasteiger partial charge in [-0.1, -0.05) is 42.5 Å². The maximum Gasteiger partial charge on any atom is 0.243 e. The summed E-state index contributed by atoms with van der Waals surface area (Å²) in [5, 5.41) is 2.61. The van der Waals surface area contributed by atoms with E-state index in [1.807, 2.05) is 30.3 Å². The Bertz CT molecular complexity index is 697. The summed E-state index contributed by atoms with van der Waals surface area (Å²) < 4.78 is 0. The molecule has 1 saturated heterocycles. The lowest BCUT2D eigenvalue weighted by Crippen LogP contribution is -2.51. The second-order valence-electron chi connectivity index (χ2n) is 6.87. The molecular formula is C19H20N2O3. The van der Waals surface area contributed by atoms with E-state index in [0.29, 0.717) is 6.42 Å². The molecular weight excluding hydrogens is 304 g/mol. The largest absolute Gasteiger partial charge is 0.357 e. The molecule has 1 heterocycles. The van der Waals surface area contributed by atoms with Crippen molar-refractivity contribution in [2.45, 2.75) is 18.9 Å². The van der Waals surface area contributed by atoms with Crippen LogP contribution in [0.15, 0.2) is 42.5 Å². The highest BCUT2D eigenvalue weighted by Crippen LogP contribution is 2.52.